The Kier molecular flexibility index (Phi) is 5.90. The van der Waals surface area contributed by atoms with Gasteiger partial charge < -0.3 is 20.7 Å². The summed E-state index contributed by atoms with van der Waals surface area (Å²) in [5, 5.41) is 3.85. The summed E-state index contributed by atoms with van der Waals surface area (Å²) in [6, 6.07) is 11.6. The Morgan fingerprint density at radius 1 is 1.21 bits per heavy atom. The number of rotatable bonds is 4. The zero-order valence-corrected chi connectivity index (χ0v) is 19.4. The molecule has 8 heteroatoms. The lowest BCUT2D eigenvalue weighted by Crippen LogP contribution is -2.35. The molecule has 33 heavy (non-hydrogen) atoms. The fourth-order valence-electron chi connectivity index (χ4n) is 4.65. The van der Waals surface area contributed by atoms with E-state index in [0.717, 1.165) is 42.9 Å². The first kappa shape index (κ1) is 22.0. The molecule has 2 aromatic carbocycles. The SMILES string of the molecule is CN1CCc2nc(C3(c4ccc(C(=O)Nc5cc(F)ccc5N)cc4)CCOCC3)sc2C1. The number of amides is 1. The number of carbonyl (C=O) groups excluding carboxylic acids is 1. The Morgan fingerprint density at radius 3 is 2.73 bits per heavy atom. The van der Waals surface area contributed by atoms with Gasteiger partial charge in [-0.05, 0) is 55.8 Å². The summed E-state index contributed by atoms with van der Waals surface area (Å²) in [6.45, 7) is 3.35. The first-order valence-electron chi connectivity index (χ1n) is 11.2. The molecule has 1 fully saturated rings. The number of hydrogen-bond donors (Lipinski definition) is 2. The van der Waals surface area contributed by atoms with Gasteiger partial charge in [0.05, 0.1) is 22.5 Å². The van der Waals surface area contributed by atoms with Crippen LogP contribution in [-0.4, -0.2) is 42.6 Å². The first-order chi connectivity index (χ1) is 15.9. The van der Waals surface area contributed by atoms with E-state index >= 15 is 0 Å². The molecule has 3 heterocycles. The summed E-state index contributed by atoms with van der Waals surface area (Å²) < 4.78 is 19.2. The molecule has 1 aromatic heterocycles. The fourth-order valence-corrected chi connectivity index (χ4v) is 6.10. The minimum absolute atomic E-state index is 0.208. The highest BCUT2D eigenvalue weighted by molar-refractivity contribution is 7.12. The molecular weight excluding hydrogens is 439 g/mol. The minimum Gasteiger partial charge on any atom is -0.397 e. The maximum absolute atomic E-state index is 13.5. The molecule has 3 aromatic rings. The van der Waals surface area contributed by atoms with E-state index in [-0.39, 0.29) is 17.0 Å². The minimum atomic E-state index is -0.450. The number of aromatic nitrogens is 1. The van der Waals surface area contributed by atoms with E-state index in [1.54, 1.807) is 0 Å². The topological polar surface area (TPSA) is 80.5 Å². The summed E-state index contributed by atoms with van der Waals surface area (Å²) in [6.07, 6.45) is 2.71. The lowest BCUT2D eigenvalue weighted by atomic mass is 9.74. The van der Waals surface area contributed by atoms with Crippen molar-refractivity contribution in [2.24, 2.45) is 0 Å². The van der Waals surface area contributed by atoms with Crippen LogP contribution in [0.25, 0.3) is 0 Å². The van der Waals surface area contributed by atoms with Gasteiger partial charge in [-0.15, -0.1) is 11.3 Å². The number of nitrogens with one attached hydrogen (secondary N) is 1. The number of likely N-dealkylation sites (N-methyl/N-ethyl adjacent to an activating group) is 1. The summed E-state index contributed by atoms with van der Waals surface area (Å²) in [7, 11) is 2.15. The van der Waals surface area contributed by atoms with E-state index in [9.17, 15) is 9.18 Å². The van der Waals surface area contributed by atoms with Crippen molar-refractivity contribution in [3.8, 4) is 0 Å². The molecule has 6 nitrogen and oxygen atoms in total. The van der Waals surface area contributed by atoms with Gasteiger partial charge in [-0.3, -0.25) is 4.79 Å². The molecule has 2 aliphatic rings. The normalized spacial score (nSPS) is 18.0. The Hall–Kier alpha value is -2.81. The molecule has 0 atom stereocenters. The van der Waals surface area contributed by atoms with E-state index in [1.165, 1.54) is 28.8 Å². The van der Waals surface area contributed by atoms with Crippen molar-refractivity contribution in [1.82, 2.24) is 9.88 Å². The zero-order valence-electron chi connectivity index (χ0n) is 18.6. The highest BCUT2D eigenvalue weighted by Gasteiger charge is 2.40. The number of hydrogen-bond acceptors (Lipinski definition) is 6. The van der Waals surface area contributed by atoms with Crippen molar-refractivity contribution in [3.05, 3.63) is 75.0 Å². The van der Waals surface area contributed by atoms with Gasteiger partial charge in [0, 0.05) is 43.2 Å². The van der Waals surface area contributed by atoms with E-state index < -0.39 is 5.82 Å². The molecule has 5 rings (SSSR count). The molecule has 2 aliphatic heterocycles. The standard InChI is InChI=1S/C25H27FN4O2S/c1-30-11-8-20-22(15-30)33-24(29-20)25(9-12-32-13-10-25)17-4-2-16(3-5-17)23(31)28-21-14-18(26)6-7-19(21)27/h2-7,14H,8-13,15,27H2,1H3,(H,28,31). The molecule has 0 bridgehead atoms. The molecule has 0 unspecified atom stereocenters. The van der Waals surface area contributed by atoms with Crippen LogP contribution in [0.3, 0.4) is 0 Å². The maximum atomic E-state index is 13.5. The number of thiazole rings is 1. The number of nitrogens with two attached hydrogens (primary N) is 1. The van der Waals surface area contributed by atoms with Crippen LogP contribution in [0.2, 0.25) is 0 Å². The third-order valence-electron chi connectivity index (χ3n) is 6.64. The van der Waals surface area contributed by atoms with Crippen LogP contribution in [0.15, 0.2) is 42.5 Å². The average Bonchev–Trinajstić information content (AvgIpc) is 3.26. The monoisotopic (exact) mass is 466 g/mol. The summed E-state index contributed by atoms with van der Waals surface area (Å²) in [5.41, 5.74) is 9.11. The predicted octanol–water partition coefficient (Wildman–Crippen LogP) is 4.20. The smallest absolute Gasteiger partial charge is 0.255 e. The van der Waals surface area contributed by atoms with E-state index in [0.29, 0.717) is 24.5 Å². The third-order valence-corrected chi connectivity index (χ3v) is 7.93. The Bertz CT molecular complexity index is 1170. The number of nitrogens with zero attached hydrogens (tertiary/aromatic N) is 2. The van der Waals surface area contributed by atoms with Crippen LogP contribution >= 0.6 is 11.3 Å². The largest absolute Gasteiger partial charge is 0.397 e. The number of ether oxygens (including phenoxy) is 1. The summed E-state index contributed by atoms with van der Waals surface area (Å²) in [4.78, 5) is 21.5. The Labute approximate surface area is 196 Å². The van der Waals surface area contributed by atoms with Gasteiger partial charge in [0.2, 0.25) is 0 Å². The van der Waals surface area contributed by atoms with Gasteiger partial charge in [0.25, 0.3) is 5.91 Å². The second kappa shape index (κ2) is 8.85. The van der Waals surface area contributed by atoms with Gasteiger partial charge in [0.1, 0.15) is 10.8 Å². The molecule has 0 aliphatic carbocycles. The number of fused-ring (bicyclic) bond motifs is 1. The molecule has 1 amide bonds. The number of nitrogen functional groups attached to an aromatic ring is 1. The van der Waals surface area contributed by atoms with Crippen LogP contribution in [0.5, 0.6) is 0 Å². The molecular formula is C25H27FN4O2S. The lowest BCUT2D eigenvalue weighted by molar-refractivity contribution is 0.0629. The Balaban J connectivity index is 1.43. The third kappa shape index (κ3) is 4.26. The van der Waals surface area contributed by atoms with Gasteiger partial charge in [0.15, 0.2) is 0 Å². The summed E-state index contributed by atoms with van der Waals surface area (Å²) >= 11 is 1.82. The number of anilines is 2. The van der Waals surface area contributed by atoms with Crippen molar-refractivity contribution in [1.29, 1.82) is 0 Å². The van der Waals surface area contributed by atoms with Gasteiger partial charge in [-0.1, -0.05) is 12.1 Å². The molecule has 0 radical (unpaired) electrons. The number of carbonyl (C=O) groups is 1. The van der Waals surface area contributed by atoms with Gasteiger partial charge in [-0.25, -0.2) is 9.37 Å². The fraction of sp³-hybridized carbons (Fsp3) is 0.360. The van der Waals surface area contributed by atoms with Gasteiger partial charge >= 0.3 is 0 Å². The van der Waals surface area contributed by atoms with Crippen LogP contribution in [0.4, 0.5) is 15.8 Å². The lowest BCUT2D eigenvalue weighted by Gasteiger charge is -2.36. The predicted molar refractivity (Wildman–Crippen MR) is 128 cm³/mol. The van der Waals surface area contributed by atoms with E-state index in [2.05, 4.69) is 17.3 Å². The van der Waals surface area contributed by atoms with Crippen molar-refractivity contribution in [2.75, 3.05) is 37.9 Å². The average molecular weight is 467 g/mol. The molecule has 1 saturated heterocycles. The molecule has 172 valence electrons. The Morgan fingerprint density at radius 2 is 1.97 bits per heavy atom. The second-order valence-corrected chi connectivity index (χ2v) is 9.92. The van der Waals surface area contributed by atoms with Crippen molar-refractivity contribution < 1.29 is 13.9 Å². The van der Waals surface area contributed by atoms with Crippen LogP contribution in [-0.2, 0) is 23.1 Å². The maximum Gasteiger partial charge on any atom is 0.255 e. The van der Waals surface area contributed by atoms with Crippen molar-refractivity contribution in [2.45, 2.75) is 31.2 Å². The summed E-state index contributed by atoms with van der Waals surface area (Å²) in [5.74, 6) is -0.777. The van der Waals surface area contributed by atoms with Crippen molar-refractivity contribution >= 4 is 28.6 Å². The number of benzene rings is 2. The van der Waals surface area contributed by atoms with Crippen molar-refractivity contribution in [3.63, 3.8) is 0 Å². The number of halogens is 1. The van der Waals surface area contributed by atoms with Gasteiger partial charge in [-0.2, -0.15) is 0 Å². The second-order valence-electron chi connectivity index (χ2n) is 8.83. The van der Waals surface area contributed by atoms with E-state index in [1.807, 2.05) is 35.6 Å². The first-order valence-corrected chi connectivity index (χ1v) is 12.0. The van der Waals surface area contributed by atoms with E-state index in [4.69, 9.17) is 15.5 Å². The van der Waals surface area contributed by atoms with Crippen LogP contribution in [0, 0.1) is 5.82 Å². The molecule has 0 saturated carbocycles. The molecule has 3 N–H and O–H groups in total. The highest BCUT2D eigenvalue weighted by Crippen LogP contribution is 2.44. The zero-order chi connectivity index (χ0) is 23.0. The molecule has 0 spiro atoms. The van der Waals surface area contributed by atoms with Crippen LogP contribution < -0.4 is 11.1 Å². The highest BCUT2D eigenvalue weighted by atomic mass is 32.1. The quantitative estimate of drug-likeness (QED) is 0.564. The van der Waals surface area contributed by atoms with Crippen LogP contribution in [0.1, 0.15) is 44.3 Å².